The van der Waals surface area contributed by atoms with Gasteiger partial charge in [0.05, 0.1) is 10.2 Å². The molecule has 0 bridgehead atoms. The lowest BCUT2D eigenvalue weighted by Crippen LogP contribution is -2.22. The van der Waals surface area contributed by atoms with Crippen molar-refractivity contribution in [2.45, 2.75) is 17.1 Å². The molecule has 1 atom stereocenters. The minimum atomic E-state index is -0.559. The van der Waals surface area contributed by atoms with E-state index in [1.807, 2.05) is 0 Å². The molecule has 3 aromatic carbocycles. The number of primary amides is 1. The van der Waals surface area contributed by atoms with Crippen molar-refractivity contribution in [1.29, 1.82) is 0 Å². The zero-order valence-corrected chi connectivity index (χ0v) is 18.3. The first-order chi connectivity index (χ1) is 15.7. The fraction of sp³-hybridized carbons (Fsp3) is 0.0870. The Morgan fingerprint density at radius 2 is 1.52 bits per heavy atom. The third kappa shape index (κ3) is 6.40. The smallest absolute Gasteiger partial charge is 0.270 e. The van der Waals surface area contributed by atoms with Crippen molar-refractivity contribution in [1.82, 2.24) is 0 Å². The van der Waals surface area contributed by atoms with Crippen LogP contribution in [-0.4, -0.2) is 27.9 Å². The monoisotopic (exact) mass is 464 g/mol. The number of nitrogens with one attached hydrogen (secondary N) is 2. The van der Waals surface area contributed by atoms with Crippen molar-refractivity contribution in [2.75, 3.05) is 10.6 Å². The maximum Gasteiger partial charge on any atom is 0.270 e. The fourth-order valence-electron chi connectivity index (χ4n) is 2.80. The highest BCUT2D eigenvalue weighted by Crippen LogP contribution is 2.26. The van der Waals surface area contributed by atoms with Crippen molar-refractivity contribution >= 4 is 46.5 Å². The molecule has 0 radical (unpaired) electrons. The predicted octanol–water partition coefficient (Wildman–Crippen LogP) is 4.07. The molecule has 3 amide bonds. The van der Waals surface area contributed by atoms with Gasteiger partial charge >= 0.3 is 0 Å². The molecule has 0 aliphatic carbocycles. The molecule has 0 saturated carbocycles. The molecule has 0 spiro atoms. The van der Waals surface area contributed by atoms with Gasteiger partial charge in [-0.1, -0.05) is 6.07 Å². The lowest BCUT2D eigenvalue weighted by Gasteiger charge is -2.13. The van der Waals surface area contributed by atoms with Crippen LogP contribution >= 0.6 is 11.8 Å². The molecular formula is C23H20N4O5S. The molecule has 0 fully saturated rings. The topological polar surface area (TPSA) is 144 Å². The number of hydrogen-bond acceptors (Lipinski definition) is 6. The van der Waals surface area contributed by atoms with Crippen LogP contribution in [0.5, 0.6) is 0 Å². The van der Waals surface area contributed by atoms with Gasteiger partial charge in [0.1, 0.15) is 0 Å². The third-order valence-electron chi connectivity index (χ3n) is 4.55. The van der Waals surface area contributed by atoms with Gasteiger partial charge in [0.25, 0.3) is 11.6 Å². The number of amides is 3. The van der Waals surface area contributed by atoms with Crippen LogP contribution in [-0.2, 0) is 4.79 Å². The van der Waals surface area contributed by atoms with Crippen LogP contribution in [0.25, 0.3) is 0 Å². The van der Waals surface area contributed by atoms with Crippen molar-refractivity contribution < 1.29 is 19.3 Å². The number of nitrogens with zero attached hydrogens (tertiary/aromatic N) is 1. The average Bonchev–Trinajstić information content (AvgIpc) is 2.80. The normalized spacial score (nSPS) is 11.3. The van der Waals surface area contributed by atoms with Gasteiger partial charge in [0.2, 0.25) is 11.8 Å². The Morgan fingerprint density at radius 1 is 0.909 bits per heavy atom. The number of hydrogen-bond donors (Lipinski definition) is 3. The Balaban J connectivity index is 1.56. The van der Waals surface area contributed by atoms with E-state index in [-0.39, 0.29) is 17.2 Å². The number of rotatable bonds is 8. The predicted molar refractivity (Wildman–Crippen MR) is 126 cm³/mol. The summed E-state index contributed by atoms with van der Waals surface area (Å²) < 4.78 is 0. The number of benzene rings is 3. The third-order valence-corrected chi connectivity index (χ3v) is 5.66. The summed E-state index contributed by atoms with van der Waals surface area (Å²) in [4.78, 5) is 47.1. The SMILES string of the molecule is CC(Sc1ccc(NC(=O)c2cccc([N+](=O)[O-])c2)cc1)C(=O)Nc1ccc(C(N)=O)cc1. The van der Waals surface area contributed by atoms with E-state index in [0.717, 1.165) is 4.90 Å². The number of non-ortho nitro benzene ring substituents is 1. The van der Waals surface area contributed by atoms with E-state index in [1.54, 1.807) is 43.3 Å². The van der Waals surface area contributed by atoms with E-state index in [2.05, 4.69) is 10.6 Å². The van der Waals surface area contributed by atoms with E-state index >= 15 is 0 Å². The molecule has 0 aliphatic heterocycles. The van der Waals surface area contributed by atoms with Crippen molar-refractivity contribution in [3.8, 4) is 0 Å². The molecule has 3 aromatic rings. The van der Waals surface area contributed by atoms with Gasteiger partial charge in [-0.25, -0.2) is 0 Å². The second kappa shape index (κ2) is 10.4. The summed E-state index contributed by atoms with van der Waals surface area (Å²) in [6.45, 7) is 1.76. The number of carbonyl (C=O) groups is 3. The second-order valence-corrected chi connectivity index (χ2v) is 8.39. The van der Waals surface area contributed by atoms with Crippen molar-refractivity contribution in [2.24, 2.45) is 5.73 Å². The van der Waals surface area contributed by atoms with Crippen LogP contribution in [0.15, 0.2) is 77.7 Å². The Morgan fingerprint density at radius 3 is 2.12 bits per heavy atom. The molecule has 0 aliphatic rings. The molecule has 1 unspecified atom stereocenters. The van der Waals surface area contributed by atoms with Gasteiger partial charge in [-0.15, -0.1) is 11.8 Å². The van der Waals surface area contributed by atoms with Gasteiger partial charge in [0.15, 0.2) is 0 Å². The van der Waals surface area contributed by atoms with E-state index in [1.165, 1.54) is 48.2 Å². The zero-order chi connectivity index (χ0) is 24.0. The van der Waals surface area contributed by atoms with Gasteiger partial charge in [-0.05, 0) is 61.5 Å². The fourth-order valence-corrected chi connectivity index (χ4v) is 3.67. The molecular weight excluding hydrogens is 444 g/mol. The van der Waals surface area contributed by atoms with E-state index in [9.17, 15) is 24.5 Å². The van der Waals surface area contributed by atoms with Crippen LogP contribution in [0.1, 0.15) is 27.6 Å². The highest BCUT2D eigenvalue weighted by molar-refractivity contribution is 8.00. The van der Waals surface area contributed by atoms with Crippen molar-refractivity contribution in [3.63, 3.8) is 0 Å². The summed E-state index contributed by atoms with van der Waals surface area (Å²) in [5.74, 6) is -1.22. The highest BCUT2D eigenvalue weighted by atomic mass is 32.2. The standard InChI is InChI=1S/C23H20N4O5S/c1-14(22(29)25-17-7-5-15(6-8-17)21(24)28)33-20-11-9-18(10-12-20)26-23(30)16-3-2-4-19(13-16)27(31)32/h2-14H,1H3,(H2,24,28)(H,25,29)(H,26,30). The number of carbonyl (C=O) groups excluding carboxylic acids is 3. The summed E-state index contributed by atoms with van der Waals surface area (Å²) >= 11 is 1.33. The maximum atomic E-state index is 12.5. The average molecular weight is 465 g/mol. The first-order valence-corrected chi connectivity index (χ1v) is 10.6. The van der Waals surface area contributed by atoms with Gasteiger partial charge in [-0.2, -0.15) is 0 Å². The number of nitro groups is 1. The van der Waals surface area contributed by atoms with E-state index in [4.69, 9.17) is 5.73 Å². The Hall–Kier alpha value is -4.18. The molecule has 4 N–H and O–H groups in total. The molecule has 9 nitrogen and oxygen atoms in total. The highest BCUT2D eigenvalue weighted by Gasteiger charge is 2.16. The molecule has 0 saturated heterocycles. The van der Waals surface area contributed by atoms with Gasteiger partial charge in [-0.3, -0.25) is 24.5 Å². The first-order valence-electron chi connectivity index (χ1n) is 9.76. The van der Waals surface area contributed by atoms with E-state index in [0.29, 0.717) is 16.9 Å². The van der Waals surface area contributed by atoms with Gasteiger partial charge in [0, 0.05) is 39.5 Å². The van der Waals surface area contributed by atoms with Crippen molar-refractivity contribution in [3.05, 3.63) is 94.0 Å². The zero-order valence-electron chi connectivity index (χ0n) is 17.5. The van der Waals surface area contributed by atoms with Crippen LogP contribution in [0.3, 0.4) is 0 Å². The quantitative estimate of drug-likeness (QED) is 0.260. The largest absolute Gasteiger partial charge is 0.366 e. The summed E-state index contributed by atoms with van der Waals surface area (Å²) in [5, 5.41) is 15.9. The van der Waals surface area contributed by atoms with Crippen LogP contribution < -0.4 is 16.4 Å². The molecule has 10 heteroatoms. The Kier molecular flexibility index (Phi) is 7.42. The molecule has 3 rings (SSSR count). The molecule has 33 heavy (non-hydrogen) atoms. The Labute approximate surface area is 193 Å². The van der Waals surface area contributed by atoms with Crippen LogP contribution in [0, 0.1) is 10.1 Å². The summed E-state index contributed by atoms with van der Waals surface area (Å²) in [7, 11) is 0. The molecule has 0 aromatic heterocycles. The minimum absolute atomic E-state index is 0.162. The summed E-state index contributed by atoms with van der Waals surface area (Å²) in [5.41, 5.74) is 6.64. The summed E-state index contributed by atoms with van der Waals surface area (Å²) in [6.07, 6.45) is 0. The summed E-state index contributed by atoms with van der Waals surface area (Å²) in [6, 6.07) is 18.7. The first kappa shape index (κ1) is 23.5. The minimum Gasteiger partial charge on any atom is -0.366 e. The Bertz CT molecular complexity index is 1200. The lowest BCUT2D eigenvalue weighted by atomic mass is 10.2. The number of nitrogens with two attached hydrogens (primary N) is 1. The maximum absolute atomic E-state index is 12.5. The number of thioether (sulfide) groups is 1. The van der Waals surface area contributed by atoms with Gasteiger partial charge < -0.3 is 16.4 Å². The molecule has 168 valence electrons. The second-order valence-electron chi connectivity index (χ2n) is 6.98. The van der Waals surface area contributed by atoms with Crippen LogP contribution in [0.4, 0.5) is 17.1 Å². The molecule has 0 heterocycles. The van der Waals surface area contributed by atoms with E-state index < -0.39 is 22.0 Å². The van der Waals surface area contributed by atoms with Crippen LogP contribution in [0.2, 0.25) is 0 Å². The number of anilines is 2. The lowest BCUT2D eigenvalue weighted by molar-refractivity contribution is -0.384. The number of nitro benzene ring substituents is 1.